The number of thioether (sulfide) groups is 1. The zero-order chi connectivity index (χ0) is 15.2. The molecule has 1 saturated heterocycles. The highest BCUT2D eigenvalue weighted by Gasteiger charge is 2.32. The Balaban J connectivity index is 0.00000242. The number of likely N-dealkylation sites (N-methyl/N-ethyl adjacent to an activating group) is 1. The molecule has 0 aromatic heterocycles. The van der Waals surface area contributed by atoms with Crippen LogP contribution in [0, 0.1) is 0 Å². The first-order valence-electron chi connectivity index (χ1n) is 7.47. The number of hydrogen-bond acceptors (Lipinski definition) is 4. The van der Waals surface area contributed by atoms with Gasteiger partial charge in [0.15, 0.2) is 0 Å². The fourth-order valence-electron chi connectivity index (χ4n) is 2.53. The van der Waals surface area contributed by atoms with Gasteiger partial charge < -0.3 is 14.5 Å². The van der Waals surface area contributed by atoms with Crippen molar-refractivity contribution < 1.29 is 9.53 Å². The van der Waals surface area contributed by atoms with E-state index in [0.29, 0.717) is 5.75 Å². The number of rotatable bonds is 7. The average Bonchev–Trinajstić information content (AvgIpc) is 2.89. The summed E-state index contributed by atoms with van der Waals surface area (Å²) in [5.41, 5.74) is 1.17. The Morgan fingerprint density at radius 2 is 1.91 bits per heavy atom. The second-order valence-corrected chi connectivity index (χ2v) is 6.12. The third kappa shape index (κ3) is 4.54. The summed E-state index contributed by atoms with van der Waals surface area (Å²) in [4.78, 5) is 16.5. The molecule has 6 heteroatoms. The molecule has 0 bridgehead atoms. The van der Waals surface area contributed by atoms with Gasteiger partial charge in [0.2, 0.25) is 5.91 Å². The lowest BCUT2D eigenvalue weighted by atomic mass is 10.2. The molecule has 1 aliphatic rings. The molecule has 124 valence electrons. The molecule has 1 aliphatic heterocycles. The van der Waals surface area contributed by atoms with Gasteiger partial charge in [0, 0.05) is 13.1 Å². The number of carbonyl (C=O) groups is 1. The van der Waals surface area contributed by atoms with Crippen molar-refractivity contribution in [3.8, 4) is 5.75 Å². The molecule has 1 aromatic rings. The molecule has 0 spiro atoms. The van der Waals surface area contributed by atoms with Crippen LogP contribution in [0.3, 0.4) is 0 Å². The Labute approximate surface area is 143 Å². The summed E-state index contributed by atoms with van der Waals surface area (Å²) < 4.78 is 5.19. The molecule has 1 fully saturated rings. The number of ether oxygens (including phenoxy) is 1. The molecule has 1 unspecified atom stereocenters. The molecule has 1 amide bonds. The lowest BCUT2D eigenvalue weighted by molar-refractivity contribution is -0.128. The summed E-state index contributed by atoms with van der Waals surface area (Å²) in [5.74, 6) is 1.67. The average molecular weight is 345 g/mol. The number of methoxy groups -OCH3 is 1. The quantitative estimate of drug-likeness (QED) is 0.761. The minimum Gasteiger partial charge on any atom is -0.497 e. The van der Waals surface area contributed by atoms with Gasteiger partial charge in [0.1, 0.15) is 11.1 Å². The monoisotopic (exact) mass is 344 g/mol. The van der Waals surface area contributed by atoms with E-state index in [9.17, 15) is 4.79 Å². The number of carbonyl (C=O) groups excluding carboxylic acids is 1. The topological polar surface area (TPSA) is 32.8 Å². The number of hydrogen-bond donors (Lipinski definition) is 0. The van der Waals surface area contributed by atoms with Crippen molar-refractivity contribution in [3.05, 3.63) is 29.8 Å². The van der Waals surface area contributed by atoms with Crippen LogP contribution >= 0.6 is 24.2 Å². The fraction of sp³-hybridized carbons (Fsp3) is 0.562. The molecule has 0 saturated carbocycles. The maximum Gasteiger partial charge on any atom is 0.233 e. The van der Waals surface area contributed by atoms with Crippen LogP contribution in [0.25, 0.3) is 0 Å². The molecule has 0 aliphatic carbocycles. The molecule has 22 heavy (non-hydrogen) atoms. The number of nitrogens with zero attached hydrogens (tertiary/aromatic N) is 2. The molecule has 0 N–H and O–H groups in total. The second kappa shape index (κ2) is 9.28. The van der Waals surface area contributed by atoms with Crippen molar-refractivity contribution in [1.82, 2.24) is 9.80 Å². The summed E-state index contributed by atoms with van der Waals surface area (Å²) >= 11 is 1.71. The van der Waals surface area contributed by atoms with Crippen LogP contribution in [0.2, 0.25) is 0 Å². The first-order valence-corrected chi connectivity index (χ1v) is 8.51. The van der Waals surface area contributed by atoms with Crippen molar-refractivity contribution in [1.29, 1.82) is 0 Å². The summed E-state index contributed by atoms with van der Waals surface area (Å²) in [6.07, 6.45) is 0. The summed E-state index contributed by atoms with van der Waals surface area (Å²) in [7, 11) is 1.67. The van der Waals surface area contributed by atoms with Crippen molar-refractivity contribution >= 4 is 30.1 Å². The third-order valence-electron chi connectivity index (χ3n) is 3.92. The summed E-state index contributed by atoms with van der Waals surface area (Å²) in [6.45, 7) is 8.10. The van der Waals surface area contributed by atoms with Gasteiger partial charge in [-0.15, -0.1) is 24.2 Å². The van der Waals surface area contributed by atoms with Crippen LogP contribution in [0.1, 0.15) is 24.8 Å². The highest BCUT2D eigenvalue weighted by atomic mass is 35.5. The number of halogens is 1. The lowest BCUT2D eigenvalue weighted by Crippen LogP contribution is -2.37. The predicted molar refractivity (Wildman–Crippen MR) is 94.9 cm³/mol. The van der Waals surface area contributed by atoms with Gasteiger partial charge in [-0.2, -0.15) is 0 Å². The highest BCUT2D eigenvalue weighted by molar-refractivity contribution is 8.00. The molecule has 2 rings (SSSR count). The van der Waals surface area contributed by atoms with Crippen molar-refractivity contribution in [2.75, 3.05) is 39.0 Å². The fourth-order valence-corrected chi connectivity index (χ4v) is 3.75. The first-order chi connectivity index (χ1) is 10.2. The van der Waals surface area contributed by atoms with E-state index in [1.165, 1.54) is 5.56 Å². The van der Waals surface area contributed by atoms with E-state index in [1.54, 1.807) is 18.9 Å². The second-order valence-electron chi connectivity index (χ2n) is 5.05. The molecule has 1 atom stereocenters. The molecule has 4 nitrogen and oxygen atoms in total. The van der Waals surface area contributed by atoms with Gasteiger partial charge >= 0.3 is 0 Å². The van der Waals surface area contributed by atoms with Crippen LogP contribution in [0.15, 0.2) is 24.3 Å². The van der Waals surface area contributed by atoms with Crippen LogP contribution in [-0.2, 0) is 4.79 Å². The Kier molecular flexibility index (Phi) is 8.07. The van der Waals surface area contributed by atoms with Crippen molar-refractivity contribution in [2.45, 2.75) is 19.2 Å². The minimum absolute atomic E-state index is 0. The molecule has 1 aromatic carbocycles. The van der Waals surface area contributed by atoms with E-state index in [-0.39, 0.29) is 23.7 Å². The lowest BCUT2D eigenvalue weighted by Gasteiger charge is -2.27. The first kappa shape index (κ1) is 19.1. The Morgan fingerprint density at radius 3 is 2.45 bits per heavy atom. The van der Waals surface area contributed by atoms with Crippen LogP contribution < -0.4 is 4.74 Å². The molecule has 1 heterocycles. The zero-order valence-corrected chi connectivity index (χ0v) is 15.1. The molecular formula is C16H25ClN2O2S. The Morgan fingerprint density at radius 1 is 1.27 bits per heavy atom. The highest BCUT2D eigenvalue weighted by Crippen LogP contribution is 2.38. The van der Waals surface area contributed by atoms with E-state index in [2.05, 4.69) is 30.9 Å². The standard InChI is InChI=1S/C16H24N2O2S.ClH/c1-4-17(5-2)10-11-18-15(19)12-21-16(18)13-6-8-14(20-3)9-7-13;/h6-9,16H,4-5,10-12H2,1-3H3;1H. The van der Waals surface area contributed by atoms with Crippen LogP contribution in [0.5, 0.6) is 5.75 Å². The van der Waals surface area contributed by atoms with Crippen molar-refractivity contribution in [3.63, 3.8) is 0 Å². The van der Waals surface area contributed by atoms with Gasteiger partial charge in [-0.1, -0.05) is 26.0 Å². The summed E-state index contributed by atoms with van der Waals surface area (Å²) in [6, 6.07) is 8.03. The van der Waals surface area contributed by atoms with Gasteiger partial charge in [-0.25, -0.2) is 0 Å². The van der Waals surface area contributed by atoms with E-state index in [0.717, 1.165) is 31.9 Å². The Hall–Kier alpha value is -0.910. The van der Waals surface area contributed by atoms with E-state index >= 15 is 0 Å². The minimum atomic E-state index is 0. The van der Waals surface area contributed by atoms with E-state index < -0.39 is 0 Å². The molecule has 0 radical (unpaired) electrons. The van der Waals surface area contributed by atoms with Gasteiger partial charge in [0.05, 0.1) is 12.9 Å². The normalized spacial score (nSPS) is 17.7. The van der Waals surface area contributed by atoms with Crippen molar-refractivity contribution in [2.24, 2.45) is 0 Å². The van der Waals surface area contributed by atoms with E-state index in [1.807, 2.05) is 17.0 Å². The predicted octanol–water partition coefficient (Wildman–Crippen LogP) is 3.03. The van der Waals surface area contributed by atoms with Crippen LogP contribution in [0.4, 0.5) is 0 Å². The third-order valence-corrected chi connectivity index (χ3v) is 5.18. The maximum absolute atomic E-state index is 12.1. The van der Waals surface area contributed by atoms with Gasteiger partial charge in [-0.05, 0) is 30.8 Å². The zero-order valence-electron chi connectivity index (χ0n) is 13.4. The summed E-state index contributed by atoms with van der Waals surface area (Å²) in [5, 5.41) is 0.138. The van der Waals surface area contributed by atoms with E-state index in [4.69, 9.17) is 4.74 Å². The molecular weight excluding hydrogens is 320 g/mol. The Bertz CT molecular complexity index is 466. The number of benzene rings is 1. The maximum atomic E-state index is 12.1. The smallest absolute Gasteiger partial charge is 0.233 e. The van der Waals surface area contributed by atoms with Crippen LogP contribution in [-0.4, -0.2) is 54.7 Å². The number of amides is 1. The SMILES string of the molecule is CCN(CC)CCN1C(=O)CSC1c1ccc(OC)cc1.Cl. The largest absolute Gasteiger partial charge is 0.497 e. The van der Waals surface area contributed by atoms with Gasteiger partial charge in [-0.3, -0.25) is 4.79 Å². The van der Waals surface area contributed by atoms with Gasteiger partial charge in [0.25, 0.3) is 0 Å².